The molecule has 1 aromatic rings. The third kappa shape index (κ3) is 7.65. The Bertz CT molecular complexity index is 873. The fourth-order valence-electron chi connectivity index (χ4n) is 4.79. The topological polar surface area (TPSA) is 108 Å². The molecule has 9 heteroatoms. The fourth-order valence-corrected chi connectivity index (χ4v) is 5.31. The summed E-state index contributed by atoms with van der Waals surface area (Å²) in [6, 6.07) is 6.88. The Morgan fingerprint density at radius 2 is 1.97 bits per heavy atom. The van der Waals surface area contributed by atoms with Gasteiger partial charge >= 0.3 is 0 Å². The van der Waals surface area contributed by atoms with Crippen molar-refractivity contribution in [3.63, 3.8) is 0 Å². The minimum atomic E-state index is -1.00. The minimum absolute atomic E-state index is 0.0353. The van der Waals surface area contributed by atoms with Crippen molar-refractivity contribution in [2.45, 2.75) is 63.7 Å². The second-order valence-electron chi connectivity index (χ2n) is 9.01. The first kappa shape index (κ1) is 27.9. The highest BCUT2D eigenvalue weighted by Crippen LogP contribution is 2.33. The first-order valence-corrected chi connectivity index (χ1v) is 13.6. The maximum Gasteiger partial charge on any atom is 0.247 e. The molecule has 8 nitrogen and oxygen atoms in total. The van der Waals surface area contributed by atoms with Gasteiger partial charge in [-0.2, -0.15) is 0 Å². The number of nitrogens with one attached hydrogen (secondary N) is 1. The van der Waals surface area contributed by atoms with Crippen LogP contribution >= 0.6 is 22.6 Å². The van der Waals surface area contributed by atoms with Crippen LogP contribution in [0, 0.1) is 9.49 Å². The van der Waals surface area contributed by atoms with Gasteiger partial charge in [-0.25, -0.2) is 0 Å². The van der Waals surface area contributed by atoms with Gasteiger partial charge in [0.1, 0.15) is 18.0 Å². The van der Waals surface area contributed by atoms with Crippen LogP contribution in [0.5, 0.6) is 5.75 Å². The summed E-state index contributed by atoms with van der Waals surface area (Å²) in [5.41, 5.74) is 0.443. The molecule has 35 heavy (non-hydrogen) atoms. The Hall–Kier alpha value is -1.69. The molecular weight excluding hydrogens is 563 g/mol. The van der Waals surface area contributed by atoms with Crippen LogP contribution in [0.15, 0.2) is 35.9 Å². The summed E-state index contributed by atoms with van der Waals surface area (Å²) in [5, 5.41) is 23.3. The summed E-state index contributed by atoms with van der Waals surface area (Å²) in [6.07, 6.45) is 4.48. The Morgan fingerprint density at radius 3 is 2.66 bits per heavy atom. The van der Waals surface area contributed by atoms with Crippen molar-refractivity contribution in [2.24, 2.45) is 5.92 Å². The van der Waals surface area contributed by atoms with Crippen molar-refractivity contribution in [3.05, 3.63) is 39.5 Å². The van der Waals surface area contributed by atoms with E-state index in [1.54, 1.807) is 11.0 Å². The van der Waals surface area contributed by atoms with Gasteiger partial charge in [-0.1, -0.05) is 25.0 Å². The highest BCUT2D eigenvalue weighted by molar-refractivity contribution is 14.1. The number of hydrogen-bond acceptors (Lipinski definition) is 6. The Morgan fingerprint density at radius 1 is 1.23 bits per heavy atom. The van der Waals surface area contributed by atoms with E-state index in [0.717, 1.165) is 29.3 Å². The number of carbonyl (C=O) groups excluding carboxylic acids is 2. The first-order chi connectivity index (χ1) is 17.0. The molecule has 3 rings (SSSR count). The van der Waals surface area contributed by atoms with Gasteiger partial charge in [-0.15, -0.1) is 0 Å². The van der Waals surface area contributed by atoms with E-state index in [1.165, 1.54) is 0 Å². The summed E-state index contributed by atoms with van der Waals surface area (Å²) in [6.45, 7) is 3.46. The van der Waals surface area contributed by atoms with E-state index in [-0.39, 0.29) is 37.3 Å². The van der Waals surface area contributed by atoms with E-state index in [2.05, 4.69) is 27.9 Å². The van der Waals surface area contributed by atoms with Crippen molar-refractivity contribution < 1.29 is 29.3 Å². The van der Waals surface area contributed by atoms with Gasteiger partial charge in [0, 0.05) is 44.2 Å². The number of carbonyl (C=O) groups is 2. The van der Waals surface area contributed by atoms with E-state index in [4.69, 9.17) is 14.6 Å². The molecule has 0 spiro atoms. The van der Waals surface area contributed by atoms with Crippen LogP contribution in [-0.4, -0.2) is 78.1 Å². The normalized spacial score (nSPS) is 22.5. The largest absolute Gasteiger partial charge is 0.482 e. The number of benzene rings is 1. The first-order valence-electron chi connectivity index (χ1n) is 12.5. The van der Waals surface area contributed by atoms with Crippen LogP contribution in [0.25, 0.3) is 0 Å². The van der Waals surface area contributed by atoms with Crippen LogP contribution in [0.2, 0.25) is 0 Å². The van der Waals surface area contributed by atoms with E-state index in [9.17, 15) is 14.7 Å². The smallest absolute Gasteiger partial charge is 0.247 e. The van der Waals surface area contributed by atoms with Gasteiger partial charge in [0.25, 0.3) is 0 Å². The molecule has 194 valence electrons. The number of hydrogen-bond donors (Lipinski definition) is 3. The number of aliphatic hydroxyl groups is 2. The zero-order valence-corrected chi connectivity index (χ0v) is 22.5. The number of rotatable bonds is 12. The molecule has 1 fully saturated rings. The summed E-state index contributed by atoms with van der Waals surface area (Å²) >= 11 is 2.17. The number of aliphatic hydroxyl groups excluding tert-OH is 2. The molecule has 0 unspecified atom stereocenters. The molecule has 1 aromatic carbocycles. The molecule has 1 saturated carbocycles. The monoisotopic (exact) mass is 600 g/mol. The van der Waals surface area contributed by atoms with Gasteiger partial charge in [-0.05, 0) is 67.0 Å². The third-order valence-electron chi connectivity index (χ3n) is 6.59. The molecule has 0 bridgehead atoms. The van der Waals surface area contributed by atoms with E-state index >= 15 is 0 Å². The number of nitrogens with zero attached hydrogens (tertiary/aromatic N) is 1. The van der Waals surface area contributed by atoms with Crippen LogP contribution in [0.1, 0.15) is 45.4 Å². The van der Waals surface area contributed by atoms with Crippen LogP contribution in [0.3, 0.4) is 0 Å². The predicted molar refractivity (Wildman–Crippen MR) is 141 cm³/mol. The van der Waals surface area contributed by atoms with Crippen molar-refractivity contribution in [3.8, 4) is 5.75 Å². The maximum absolute atomic E-state index is 13.6. The molecule has 2 aliphatic carbocycles. The molecule has 0 radical (unpaired) electrons. The number of amides is 2. The van der Waals surface area contributed by atoms with Crippen molar-refractivity contribution in [1.82, 2.24) is 10.2 Å². The Kier molecular flexibility index (Phi) is 11.3. The molecule has 0 aliphatic heterocycles. The highest BCUT2D eigenvalue weighted by atomic mass is 127. The van der Waals surface area contributed by atoms with E-state index in [0.29, 0.717) is 37.5 Å². The van der Waals surface area contributed by atoms with Crippen LogP contribution in [0.4, 0.5) is 0 Å². The average Bonchev–Trinajstić information content (AvgIpc) is 3.40. The molecule has 2 aliphatic rings. The summed E-state index contributed by atoms with van der Waals surface area (Å²) in [5.74, 6) is 0.262. The zero-order valence-electron chi connectivity index (χ0n) is 20.3. The molecule has 0 heterocycles. The van der Waals surface area contributed by atoms with E-state index < -0.39 is 18.2 Å². The molecule has 3 N–H and O–H groups in total. The molecule has 3 atom stereocenters. The maximum atomic E-state index is 13.6. The summed E-state index contributed by atoms with van der Waals surface area (Å²) in [7, 11) is 0. The van der Waals surface area contributed by atoms with Gasteiger partial charge in [-0.3, -0.25) is 9.59 Å². The molecule has 2 amide bonds. The fraction of sp³-hybridized carbons (Fsp3) is 0.615. The SMILES string of the molecule is CCOCCCN(C(=O)C1CCCC1)[C@@H]1CC(C(=O)NCCO)=C[C@H](Oc2ccccc2I)[C@H]1O. The Labute approximate surface area is 221 Å². The second-order valence-corrected chi connectivity index (χ2v) is 10.2. The lowest BCUT2D eigenvalue weighted by molar-refractivity contribution is -0.143. The summed E-state index contributed by atoms with van der Waals surface area (Å²) < 4.78 is 12.6. The van der Waals surface area contributed by atoms with Crippen LogP contribution in [-0.2, 0) is 14.3 Å². The number of ether oxygens (including phenoxy) is 2. The van der Waals surface area contributed by atoms with Gasteiger partial charge in [0.05, 0.1) is 16.2 Å². The highest BCUT2D eigenvalue weighted by Gasteiger charge is 2.42. The Balaban J connectivity index is 1.89. The van der Waals surface area contributed by atoms with Crippen LogP contribution < -0.4 is 10.1 Å². The average molecular weight is 600 g/mol. The van der Waals surface area contributed by atoms with Crippen molar-refractivity contribution in [2.75, 3.05) is 32.9 Å². The van der Waals surface area contributed by atoms with Crippen molar-refractivity contribution >= 4 is 34.4 Å². The molecule has 0 saturated heterocycles. The van der Waals surface area contributed by atoms with E-state index in [1.807, 2.05) is 31.2 Å². The van der Waals surface area contributed by atoms with Gasteiger partial charge in [0.15, 0.2) is 0 Å². The number of para-hydroxylation sites is 1. The summed E-state index contributed by atoms with van der Waals surface area (Å²) in [4.78, 5) is 28.2. The zero-order chi connectivity index (χ0) is 25.2. The third-order valence-corrected chi connectivity index (χ3v) is 7.48. The lowest BCUT2D eigenvalue weighted by Crippen LogP contribution is -2.56. The van der Waals surface area contributed by atoms with Gasteiger partial charge < -0.3 is 29.9 Å². The van der Waals surface area contributed by atoms with Gasteiger partial charge in [0.2, 0.25) is 11.8 Å². The standard InChI is InChI=1S/C26H37IN2O6/c1-2-34-15-7-13-29(26(33)18-8-3-4-9-18)21-16-19(25(32)28-12-14-30)17-23(24(21)31)35-22-11-6-5-10-20(22)27/h5-6,10-11,17-18,21,23-24,30-31H,2-4,7-9,12-16H2,1H3,(H,28,32)/t21-,23+,24+/m1/s1. The van der Waals surface area contributed by atoms with Crippen molar-refractivity contribution in [1.29, 1.82) is 0 Å². The molecule has 0 aromatic heterocycles. The lowest BCUT2D eigenvalue weighted by atomic mass is 9.87. The number of halogens is 1. The predicted octanol–water partition coefficient (Wildman–Crippen LogP) is 2.65. The second kappa shape index (κ2) is 14.2. The lowest BCUT2D eigenvalue weighted by Gasteiger charge is -2.41. The molecular formula is C26H37IN2O6. The quantitative estimate of drug-likeness (QED) is 0.252. The minimum Gasteiger partial charge on any atom is -0.482 e.